The van der Waals surface area contributed by atoms with Gasteiger partial charge in [0, 0.05) is 6.08 Å². The molecular formula is C6H11NO5. The number of amides is 1. The monoisotopic (exact) mass is 177 g/mol. The van der Waals surface area contributed by atoms with Crippen LogP contribution in [-0.4, -0.2) is 29.0 Å². The number of carboxylic acids is 1. The third-order valence-electron chi connectivity index (χ3n) is 0.541. The third-order valence-corrected chi connectivity index (χ3v) is 0.541. The van der Waals surface area contributed by atoms with Crippen LogP contribution in [0.15, 0.2) is 12.7 Å². The molecular weight excluding hydrogens is 166 g/mol. The van der Waals surface area contributed by atoms with Gasteiger partial charge in [-0.05, 0) is 6.92 Å². The Labute approximate surface area is 69.4 Å². The Bertz CT molecular complexity index is 156. The summed E-state index contributed by atoms with van der Waals surface area (Å²) in [5, 5.41) is 15.3. The lowest BCUT2D eigenvalue weighted by atomic mass is 10.7. The molecule has 0 saturated heterocycles. The highest BCUT2D eigenvalue weighted by Crippen LogP contribution is 1.70. The highest BCUT2D eigenvalue weighted by molar-refractivity contribution is 5.78. The topological polar surface area (TPSA) is 95.9 Å². The normalized spacial score (nSPS) is 7.17. The van der Waals surface area contributed by atoms with Crippen molar-refractivity contribution in [3.05, 3.63) is 12.7 Å². The molecule has 0 aromatic rings. The number of rotatable bonds is 2. The number of carboxylic acid groups (broad SMARTS) is 1. The molecule has 0 heterocycles. The highest BCUT2D eigenvalue weighted by Gasteiger charge is 1.91. The molecule has 0 aromatic carbocycles. The van der Waals surface area contributed by atoms with E-state index in [0.29, 0.717) is 0 Å². The fourth-order valence-corrected chi connectivity index (χ4v) is 0.163. The van der Waals surface area contributed by atoms with Crippen LogP contribution < -0.4 is 5.48 Å². The molecule has 12 heavy (non-hydrogen) atoms. The summed E-state index contributed by atoms with van der Waals surface area (Å²) < 4.78 is 4.19. The molecule has 1 amide bonds. The second kappa shape index (κ2) is 9.44. The van der Waals surface area contributed by atoms with Crippen molar-refractivity contribution < 1.29 is 24.6 Å². The van der Waals surface area contributed by atoms with Gasteiger partial charge in [0.1, 0.15) is 0 Å². The second-order valence-electron chi connectivity index (χ2n) is 1.37. The number of ether oxygens (including phenoxy) is 1. The number of hydrogen-bond donors (Lipinski definition) is 3. The SMILES string of the molecule is C=CC(=O)O.CCOC(=O)NO. The number of hydroxylamine groups is 1. The Morgan fingerprint density at radius 1 is 1.67 bits per heavy atom. The maximum Gasteiger partial charge on any atom is 0.431 e. The van der Waals surface area contributed by atoms with Gasteiger partial charge in [0.2, 0.25) is 0 Å². The van der Waals surface area contributed by atoms with E-state index in [4.69, 9.17) is 10.3 Å². The average Bonchev–Trinajstić information content (AvgIpc) is 2.06. The zero-order chi connectivity index (χ0) is 9.98. The van der Waals surface area contributed by atoms with Gasteiger partial charge in [0.15, 0.2) is 0 Å². The summed E-state index contributed by atoms with van der Waals surface area (Å²) in [7, 11) is 0. The van der Waals surface area contributed by atoms with E-state index in [-0.39, 0.29) is 6.61 Å². The first-order valence-corrected chi connectivity index (χ1v) is 3.00. The molecule has 0 unspecified atom stereocenters. The first-order chi connectivity index (χ1) is 5.58. The van der Waals surface area contributed by atoms with E-state index in [9.17, 15) is 9.59 Å². The number of carbonyl (C=O) groups excluding carboxylic acids is 1. The molecule has 0 aromatic heterocycles. The molecule has 0 rings (SSSR count). The summed E-state index contributed by atoms with van der Waals surface area (Å²) in [4.78, 5) is 19.1. The molecule has 0 spiro atoms. The Balaban J connectivity index is 0. The predicted octanol–water partition coefficient (Wildman–Crippen LogP) is 0.379. The number of aliphatic carboxylic acids is 1. The van der Waals surface area contributed by atoms with E-state index in [1.54, 1.807) is 6.92 Å². The fraction of sp³-hybridized carbons (Fsp3) is 0.333. The predicted molar refractivity (Wildman–Crippen MR) is 39.8 cm³/mol. The minimum absolute atomic E-state index is 0.270. The maximum absolute atomic E-state index is 9.83. The van der Waals surface area contributed by atoms with Crippen LogP contribution in [0.5, 0.6) is 0 Å². The molecule has 0 aliphatic carbocycles. The summed E-state index contributed by atoms with van der Waals surface area (Å²) in [6.45, 7) is 4.88. The lowest BCUT2D eigenvalue weighted by molar-refractivity contribution is -0.131. The first-order valence-electron chi connectivity index (χ1n) is 3.00. The van der Waals surface area contributed by atoms with Crippen molar-refractivity contribution in [3.8, 4) is 0 Å². The highest BCUT2D eigenvalue weighted by atomic mass is 16.6. The summed E-state index contributed by atoms with van der Waals surface area (Å²) >= 11 is 0. The quantitative estimate of drug-likeness (QED) is 0.322. The lowest BCUT2D eigenvalue weighted by Gasteiger charge is -1.94. The Morgan fingerprint density at radius 2 is 2.08 bits per heavy atom. The molecule has 6 nitrogen and oxygen atoms in total. The van der Waals surface area contributed by atoms with Crippen molar-refractivity contribution in [2.24, 2.45) is 0 Å². The van der Waals surface area contributed by atoms with Gasteiger partial charge in [0.25, 0.3) is 0 Å². The summed E-state index contributed by atoms with van der Waals surface area (Å²) in [6, 6.07) is 0. The van der Waals surface area contributed by atoms with Gasteiger partial charge in [-0.3, -0.25) is 5.21 Å². The average molecular weight is 177 g/mol. The molecule has 0 aliphatic rings. The van der Waals surface area contributed by atoms with Crippen molar-refractivity contribution in [1.29, 1.82) is 0 Å². The van der Waals surface area contributed by atoms with E-state index in [1.165, 1.54) is 5.48 Å². The molecule has 6 heteroatoms. The molecule has 0 saturated carbocycles. The van der Waals surface area contributed by atoms with Crippen LogP contribution in [-0.2, 0) is 9.53 Å². The van der Waals surface area contributed by atoms with Crippen LogP contribution in [0.1, 0.15) is 6.92 Å². The summed E-state index contributed by atoms with van der Waals surface area (Å²) in [5.41, 5.74) is 1.30. The van der Waals surface area contributed by atoms with Gasteiger partial charge >= 0.3 is 12.1 Å². The van der Waals surface area contributed by atoms with Crippen molar-refractivity contribution in [3.63, 3.8) is 0 Å². The number of hydrogen-bond acceptors (Lipinski definition) is 4. The molecule has 0 atom stereocenters. The smallest absolute Gasteiger partial charge is 0.431 e. The number of nitrogens with one attached hydrogen (secondary N) is 1. The molecule has 0 aliphatic heterocycles. The van der Waals surface area contributed by atoms with Crippen molar-refractivity contribution in [2.75, 3.05) is 6.61 Å². The van der Waals surface area contributed by atoms with E-state index < -0.39 is 12.1 Å². The lowest BCUT2D eigenvalue weighted by Crippen LogP contribution is -2.19. The second-order valence-corrected chi connectivity index (χ2v) is 1.37. The third kappa shape index (κ3) is 15.8. The van der Waals surface area contributed by atoms with E-state index in [0.717, 1.165) is 6.08 Å². The van der Waals surface area contributed by atoms with E-state index in [2.05, 4.69) is 11.3 Å². The summed E-state index contributed by atoms with van der Waals surface area (Å²) in [6.07, 6.45) is 0.0162. The molecule has 0 fully saturated rings. The van der Waals surface area contributed by atoms with Gasteiger partial charge in [-0.2, -0.15) is 0 Å². The minimum atomic E-state index is -0.981. The first kappa shape index (κ1) is 13.1. The van der Waals surface area contributed by atoms with Gasteiger partial charge in [-0.1, -0.05) is 6.58 Å². The van der Waals surface area contributed by atoms with Crippen molar-refractivity contribution in [1.82, 2.24) is 5.48 Å². The Kier molecular flexibility index (Phi) is 10.3. The Hall–Kier alpha value is -1.56. The van der Waals surface area contributed by atoms with Crippen LogP contribution in [0.25, 0.3) is 0 Å². The fourth-order valence-electron chi connectivity index (χ4n) is 0.163. The van der Waals surface area contributed by atoms with Crippen LogP contribution in [0, 0.1) is 0 Å². The maximum atomic E-state index is 9.83. The molecule has 70 valence electrons. The number of carbonyl (C=O) groups is 2. The van der Waals surface area contributed by atoms with Crippen LogP contribution in [0.2, 0.25) is 0 Å². The van der Waals surface area contributed by atoms with Crippen molar-refractivity contribution in [2.45, 2.75) is 6.92 Å². The van der Waals surface area contributed by atoms with Crippen molar-refractivity contribution >= 4 is 12.1 Å². The zero-order valence-corrected chi connectivity index (χ0v) is 6.61. The van der Waals surface area contributed by atoms with Gasteiger partial charge in [-0.25, -0.2) is 15.1 Å². The standard InChI is InChI=1S/C3H7NO3.C3H4O2/c1-2-7-3(5)4-6;1-2-3(4)5/h6H,2H2,1H3,(H,4,5);2H,1H2,(H,4,5). The van der Waals surface area contributed by atoms with E-state index >= 15 is 0 Å². The van der Waals surface area contributed by atoms with E-state index in [1.807, 2.05) is 0 Å². The molecule has 0 bridgehead atoms. The molecule has 0 radical (unpaired) electrons. The van der Waals surface area contributed by atoms with Gasteiger partial charge in [0.05, 0.1) is 6.61 Å². The summed E-state index contributed by atoms with van der Waals surface area (Å²) in [5.74, 6) is -0.981. The Morgan fingerprint density at radius 3 is 2.17 bits per heavy atom. The molecule has 3 N–H and O–H groups in total. The van der Waals surface area contributed by atoms with Crippen LogP contribution in [0.3, 0.4) is 0 Å². The largest absolute Gasteiger partial charge is 0.478 e. The zero-order valence-electron chi connectivity index (χ0n) is 6.61. The van der Waals surface area contributed by atoms with Gasteiger partial charge in [-0.15, -0.1) is 0 Å². The van der Waals surface area contributed by atoms with Crippen LogP contribution in [0.4, 0.5) is 4.79 Å². The van der Waals surface area contributed by atoms with Gasteiger partial charge < -0.3 is 9.84 Å². The minimum Gasteiger partial charge on any atom is -0.478 e. The van der Waals surface area contributed by atoms with Crippen LogP contribution >= 0.6 is 0 Å².